The zero-order valence-electron chi connectivity index (χ0n) is 16.1. The van der Waals surface area contributed by atoms with Crippen molar-refractivity contribution >= 4 is 12.1 Å². The number of rotatable bonds is 4. The van der Waals surface area contributed by atoms with Gasteiger partial charge in [-0.3, -0.25) is 4.68 Å². The van der Waals surface area contributed by atoms with Crippen molar-refractivity contribution in [3.63, 3.8) is 0 Å². The first kappa shape index (κ1) is 20.0. The Morgan fingerprint density at radius 2 is 1.85 bits per heavy atom. The fourth-order valence-corrected chi connectivity index (χ4v) is 2.65. The number of hydrogen-bond donors (Lipinski definition) is 1. The van der Waals surface area contributed by atoms with Gasteiger partial charge in [-0.05, 0) is 34.6 Å². The van der Waals surface area contributed by atoms with Crippen molar-refractivity contribution in [3.05, 3.63) is 47.2 Å². The van der Waals surface area contributed by atoms with Gasteiger partial charge in [-0.25, -0.2) is 15.0 Å². The normalized spacial score (nSPS) is 10.8. The van der Waals surface area contributed by atoms with Gasteiger partial charge in [-0.15, -0.1) is 0 Å². The minimum Gasteiger partial charge on any atom is -0.462 e. The first-order valence-electron chi connectivity index (χ1n) is 8.57. The molecule has 142 valence electrons. The van der Waals surface area contributed by atoms with Gasteiger partial charge in [0.2, 0.25) is 0 Å². The predicted octanol–water partition coefficient (Wildman–Crippen LogP) is 3.99. The number of amides is 1. The van der Waals surface area contributed by atoms with Gasteiger partial charge in [0.25, 0.3) is 0 Å². The number of hydrogen-bond acceptors (Lipinski definition) is 5. The Kier molecular flexibility index (Phi) is 5.91. The second kappa shape index (κ2) is 7.96. The molecule has 1 N–H and O–H groups in total. The van der Waals surface area contributed by atoms with E-state index in [2.05, 4.69) is 11.5 Å². The Balaban J connectivity index is 2.65. The summed E-state index contributed by atoms with van der Waals surface area (Å²) in [5, 5.41) is 9.72. The van der Waals surface area contributed by atoms with Crippen LogP contribution in [0, 0.1) is 18.3 Å². The van der Waals surface area contributed by atoms with Gasteiger partial charge >= 0.3 is 12.1 Å². The quantitative estimate of drug-likeness (QED) is 0.823. The molecule has 0 aliphatic heterocycles. The molecule has 0 bridgehead atoms. The van der Waals surface area contributed by atoms with Crippen LogP contribution in [0.15, 0.2) is 30.3 Å². The lowest BCUT2D eigenvalue weighted by molar-refractivity contribution is 0.0522. The largest absolute Gasteiger partial charge is 0.462 e. The van der Waals surface area contributed by atoms with Crippen molar-refractivity contribution in [1.29, 1.82) is 5.26 Å². The summed E-state index contributed by atoms with van der Waals surface area (Å²) in [6, 6.07) is 11.1. The van der Waals surface area contributed by atoms with E-state index in [0.717, 1.165) is 0 Å². The highest BCUT2D eigenvalue weighted by Gasteiger charge is 2.28. The van der Waals surface area contributed by atoms with E-state index in [9.17, 15) is 14.9 Å². The molecule has 0 saturated heterocycles. The highest BCUT2D eigenvalue weighted by Crippen LogP contribution is 2.31. The lowest BCUT2D eigenvalue weighted by Gasteiger charge is -2.21. The van der Waals surface area contributed by atoms with Crippen LogP contribution in [-0.4, -0.2) is 28.9 Å². The minimum absolute atomic E-state index is 0.120. The summed E-state index contributed by atoms with van der Waals surface area (Å²) in [4.78, 5) is 24.7. The minimum atomic E-state index is -0.697. The van der Waals surface area contributed by atoms with Crippen LogP contribution in [0.5, 0.6) is 0 Å². The van der Waals surface area contributed by atoms with Crippen molar-refractivity contribution in [2.75, 3.05) is 12.0 Å². The number of esters is 1. The van der Waals surface area contributed by atoms with E-state index in [4.69, 9.17) is 9.47 Å². The van der Waals surface area contributed by atoms with Crippen molar-refractivity contribution in [2.24, 2.45) is 0 Å². The molecule has 1 heterocycles. The number of carbonyl (C=O) groups is 2. The highest BCUT2D eigenvalue weighted by atomic mass is 16.6. The molecule has 0 unspecified atom stereocenters. The van der Waals surface area contributed by atoms with E-state index in [1.54, 1.807) is 58.9 Å². The smallest absolute Gasteiger partial charge is 0.426 e. The summed E-state index contributed by atoms with van der Waals surface area (Å²) in [5.74, 6) is -0.617. The van der Waals surface area contributed by atoms with E-state index in [-0.39, 0.29) is 17.7 Å². The number of nitrogens with zero attached hydrogens (tertiary/aromatic N) is 2. The molecule has 1 aromatic carbocycles. The Labute approximate surface area is 158 Å². The Hall–Kier alpha value is -3.27. The first-order valence-corrected chi connectivity index (χ1v) is 8.57. The molecule has 0 atom stereocenters. The van der Waals surface area contributed by atoms with Crippen LogP contribution in [0.3, 0.4) is 0 Å². The molecule has 7 nitrogen and oxygen atoms in total. The zero-order valence-corrected chi connectivity index (χ0v) is 16.1. The van der Waals surface area contributed by atoms with E-state index in [1.807, 2.05) is 6.07 Å². The van der Waals surface area contributed by atoms with Crippen LogP contribution in [0.4, 0.5) is 4.79 Å². The third-order valence-corrected chi connectivity index (χ3v) is 3.65. The van der Waals surface area contributed by atoms with Gasteiger partial charge < -0.3 is 9.47 Å². The Bertz CT molecular complexity index is 887. The third kappa shape index (κ3) is 4.47. The number of benzene rings is 1. The van der Waals surface area contributed by atoms with Crippen LogP contribution < -0.4 is 5.43 Å². The molecule has 1 aromatic heterocycles. The van der Waals surface area contributed by atoms with Crippen LogP contribution in [0.25, 0.3) is 11.3 Å². The van der Waals surface area contributed by atoms with Crippen molar-refractivity contribution in [1.82, 2.24) is 4.68 Å². The van der Waals surface area contributed by atoms with Crippen molar-refractivity contribution < 1.29 is 19.1 Å². The second-order valence-electron chi connectivity index (χ2n) is 6.83. The zero-order chi connectivity index (χ0) is 20.2. The van der Waals surface area contributed by atoms with Crippen LogP contribution in [-0.2, 0) is 9.47 Å². The van der Waals surface area contributed by atoms with Crippen LogP contribution >= 0.6 is 0 Å². The van der Waals surface area contributed by atoms with Gasteiger partial charge in [0.15, 0.2) is 0 Å². The number of nitrogens with one attached hydrogen (secondary N) is 1. The second-order valence-corrected chi connectivity index (χ2v) is 6.83. The number of carbonyl (C=O) groups excluding carboxylic acids is 2. The van der Waals surface area contributed by atoms with Gasteiger partial charge in [0.1, 0.15) is 17.2 Å². The van der Waals surface area contributed by atoms with Gasteiger partial charge in [0, 0.05) is 5.56 Å². The SMILES string of the molecule is CCOC(=O)c1c(C#N)c(-c2ccccc2)n(NC(=O)OC(C)(C)C)c1C. The fourth-order valence-electron chi connectivity index (χ4n) is 2.65. The number of nitriles is 1. The molecule has 0 aliphatic rings. The van der Waals surface area contributed by atoms with Gasteiger partial charge in [-0.1, -0.05) is 30.3 Å². The monoisotopic (exact) mass is 369 g/mol. The third-order valence-electron chi connectivity index (χ3n) is 3.65. The molecular weight excluding hydrogens is 346 g/mol. The van der Waals surface area contributed by atoms with Crippen LogP contribution in [0.1, 0.15) is 49.3 Å². The summed E-state index contributed by atoms with van der Waals surface area (Å²) >= 11 is 0. The van der Waals surface area contributed by atoms with E-state index < -0.39 is 17.7 Å². The van der Waals surface area contributed by atoms with Crippen molar-refractivity contribution in [3.8, 4) is 17.3 Å². The summed E-state index contributed by atoms with van der Waals surface area (Å²) in [6.45, 7) is 8.74. The summed E-state index contributed by atoms with van der Waals surface area (Å²) < 4.78 is 11.8. The Morgan fingerprint density at radius 3 is 2.37 bits per heavy atom. The highest BCUT2D eigenvalue weighted by molar-refractivity contribution is 5.97. The van der Waals surface area contributed by atoms with Crippen LogP contribution in [0.2, 0.25) is 0 Å². The molecule has 0 fully saturated rings. The maximum atomic E-state index is 12.4. The average Bonchev–Trinajstić information content (AvgIpc) is 2.86. The maximum absolute atomic E-state index is 12.4. The van der Waals surface area contributed by atoms with Gasteiger partial charge in [-0.2, -0.15) is 5.26 Å². The fraction of sp³-hybridized carbons (Fsp3) is 0.350. The molecule has 7 heteroatoms. The molecular formula is C20H23N3O4. The molecule has 1 amide bonds. The molecule has 0 aliphatic carbocycles. The molecule has 0 saturated carbocycles. The topological polar surface area (TPSA) is 93.4 Å². The number of ether oxygens (including phenoxy) is 2. The first-order chi connectivity index (χ1) is 12.7. The Morgan fingerprint density at radius 1 is 1.22 bits per heavy atom. The van der Waals surface area contributed by atoms with E-state index in [0.29, 0.717) is 17.0 Å². The summed E-state index contributed by atoms with van der Waals surface area (Å²) in [5.41, 5.74) is 3.63. The predicted molar refractivity (Wildman–Crippen MR) is 101 cm³/mol. The molecule has 0 radical (unpaired) electrons. The number of aromatic nitrogens is 1. The van der Waals surface area contributed by atoms with Gasteiger partial charge in [0.05, 0.1) is 23.6 Å². The van der Waals surface area contributed by atoms with Crippen molar-refractivity contribution in [2.45, 2.75) is 40.2 Å². The molecule has 0 spiro atoms. The average molecular weight is 369 g/mol. The standard InChI is InChI=1S/C20H23N3O4/c1-6-26-18(24)16-13(2)23(22-19(25)27-20(3,4)5)17(15(16)12-21)14-10-8-7-9-11-14/h7-11H,6H2,1-5H3,(H,22,25). The lowest BCUT2D eigenvalue weighted by atomic mass is 10.1. The maximum Gasteiger partial charge on any atom is 0.426 e. The summed E-state index contributed by atoms with van der Waals surface area (Å²) in [7, 11) is 0. The molecule has 2 aromatic rings. The molecule has 27 heavy (non-hydrogen) atoms. The van der Waals surface area contributed by atoms with E-state index in [1.165, 1.54) is 4.68 Å². The van der Waals surface area contributed by atoms with E-state index >= 15 is 0 Å². The molecule has 2 rings (SSSR count). The summed E-state index contributed by atoms with van der Waals surface area (Å²) in [6.07, 6.45) is -0.697. The lowest BCUT2D eigenvalue weighted by Crippen LogP contribution is -2.32.